The molecule has 136 valence electrons. The van der Waals surface area contributed by atoms with E-state index in [1.165, 1.54) is 0 Å². The zero-order valence-electron chi connectivity index (χ0n) is 16.3. The molecule has 0 fully saturated rings. The Morgan fingerprint density at radius 1 is 1.04 bits per heavy atom. The minimum atomic E-state index is 0.163. The molecule has 25 heavy (non-hydrogen) atoms. The van der Waals surface area contributed by atoms with Crippen molar-refractivity contribution in [2.24, 2.45) is 0 Å². The smallest absolute Gasteiger partial charge is 0.251 e. The molecule has 0 spiro atoms. The fraction of sp³-hybridized carbons (Fsp3) is 0.579. The van der Waals surface area contributed by atoms with Crippen LogP contribution in [0, 0.1) is 27.7 Å². The number of hydrogen-bond acceptors (Lipinski definition) is 4. The van der Waals surface area contributed by atoms with Gasteiger partial charge in [0.25, 0.3) is 5.95 Å². The molecule has 0 aliphatic heterocycles. The van der Waals surface area contributed by atoms with E-state index < -0.39 is 0 Å². The monoisotopic (exact) mass is 343 g/mol. The maximum absolute atomic E-state index is 12.7. The van der Waals surface area contributed by atoms with Crippen LogP contribution in [0.4, 0.5) is 0 Å². The number of amides is 1. The Bertz CT molecular complexity index is 724. The standard InChI is InChI=1S/C19H29N5O/c1-7-9-23(10-8-2)18(25)12-17-15(5)22-24(16(17)6)19-20-13(3)11-14(4)21-19/h11H,7-10,12H2,1-6H3. The van der Waals surface area contributed by atoms with Crippen LogP contribution in [0.3, 0.4) is 0 Å². The number of rotatable bonds is 7. The third kappa shape index (κ3) is 4.44. The maximum Gasteiger partial charge on any atom is 0.251 e. The zero-order valence-corrected chi connectivity index (χ0v) is 16.3. The molecule has 2 rings (SSSR count). The predicted molar refractivity (Wildman–Crippen MR) is 99.0 cm³/mol. The average Bonchev–Trinajstić information content (AvgIpc) is 2.82. The Morgan fingerprint density at radius 3 is 2.12 bits per heavy atom. The van der Waals surface area contributed by atoms with Crippen molar-refractivity contribution in [2.45, 2.75) is 60.8 Å². The molecular weight excluding hydrogens is 314 g/mol. The predicted octanol–water partition coefficient (Wildman–Crippen LogP) is 3.09. The van der Waals surface area contributed by atoms with Gasteiger partial charge in [-0.05, 0) is 46.6 Å². The third-order valence-electron chi connectivity index (χ3n) is 4.27. The van der Waals surface area contributed by atoms with Crippen LogP contribution in [-0.2, 0) is 11.2 Å². The molecule has 6 heteroatoms. The first kappa shape index (κ1) is 19.1. The normalized spacial score (nSPS) is 11.0. The van der Waals surface area contributed by atoms with E-state index >= 15 is 0 Å². The van der Waals surface area contributed by atoms with Crippen LogP contribution >= 0.6 is 0 Å². The van der Waals surface area contributed by atoms with Gasteiger partial charge >= 0.3 is 0 Å². The van der Waals surface area contributed by atoms with Gasteiger partial charge in [-0.2, -0.15) is 5.10 Å². The molecule has 0 atom stereocenters. The summed E-state index contributed by atoms with van der Waals surface area (Å²) in [5.74, 6) is 0.728. The SMILES string of the molecule is CCCN(CCC)C(=O)Cc1c(C)nn(-c2nc(C)cc(C)n2)c1C. The van der Waals surface area contributed by atoms with Crippen LogP contribution in [-0.4, -0.2) is 43.6 Å². The molecule has 0 N–H and O–H groups in total. The first-order chi connectivity index (χ1) is 11.9. The quantitative estimate of drug-likeness (QED) is 0.775. The van der Waals surface area contributed by atoms with E-state index in [0.717, 1.165) is 54.3 Å². The van der Waals surface area contributed by atoms with E-state index in [-0.39, 0.29) is 5.91 Å². The molecule has 0 unspecified atom stereocenters. The fourth-order valence-corrected chi connectivity index (χ4v) is 3.09. The summed E-state index contributed by atoms with van der Waals surface area (Å²) >= 11 is 0. The van der Waals surface area contributed by atoms with Crippen LogP contribution in [0.5, 0.6) is 0 Å². The molecule has 2 aromatic heterocycles. The van der Waals surface area contributed by atoms with E-state index in [9.17, 15) is 4.79 Å². The number of carbonyl (C=O) groups is 1. The molecule has 2 heterocycles. The van der Waals surface area contributed by atoms with Crippen molar-refractivity contribution in [1.29, 1.82) is 0 Å². The van der Waals surface area contributed by atoms with Gasteiger partial charge in [0.2, 0.25) is 5.91 Å². The second kappa shape index (κ2) is 8.23. The van der Waals surface area contributed by atoms with Crippen molar-refractivity contribution in [3.05, 3.63) is 34.4 Å². The molecule has 2 aromatic rings. The van der Waals surface area contributed by atoms with Crippen LogP contribution in [0.15, 0.2) is 6.07 Å². The van der Waals surface area contributed by atoms with Gasteiger partial charge in [0.15, 0.2) is 0 Å². The second-order valence-corrected chi connectivity index (χ2v) is 6.57. The van der Waals surface area contributed by atoms with Gasteiger partial charge in [0.1, 0.15) is 0 Å². The molecular formula is C19H29N5O. The van der Waals surface area contributed by atoms with E-state index in [1.54, 1.807) is 4.68 Å². The maximum atomic E-state index is 12.7. The summed E-state index contributed by atoms with van der Waals surface area (Å²) in [5.41, 5.74) is 4.59. The van der Waals surface area contributed by atoms with E-state index in [4.69, 9.17) is 0 Å². The molecule has 0 aliphatic carbocycles. The molecule has 0 bridgehead atoms. The zero-order chi connectivity index (χ0) is 18.6. The first-order valence-corrected chi connectivity index (χ1v) is 9.02. The Morgan fingerprint density at radius 2 is 1.60 bits per heavy atom. The number of aromatic nitrogens is 4. The van der Waals surface area contributed by atoms with Crippen molar-refractivity contribution < 1.29 is 4.79 Å². The molecule has 1 amide bonds. The van der Waals surface area contributed by atoms with Crippen molar-refractivity contribution in [3.8, 4) is 5.95 Å². The van der Waals surface area contributed by atoms with Crippen LogP contribution < -0.4 is 0 Å². The lowest BCUT2D eigenvalue weighted by Crippen LogP contribution is -2.33. The van der Waals surface area contributed by atoms with Crippen LogP contribution in [0.1, 0.15) is 55.0 Å². The lowest BCUT2D eigenvalue weighted by atomic mass is 10.1. The van der Waals surface area contributed by atoms with Gasteiger partial charge in [0.05, 0.1) is 12.1 Å². The van der Waals surface area contributed by atoms with Crippen molar-refractivity contribution in [2.75, 3.05) is 13.1 Å². The van der Waals surface area contributed by atoms with Gasteiger partial charge in [-0.1, -0.05) is 13.8 Å². The van der Waals surface area contributed by atoms with Crippen LogP contribution in [0.2, 0.25) is 0 Å². The molecule has 6 nitrogen and oxygen atoms in total. The first-order valence-electron chi connectivity index (χ1n) is 9.02. The summed E-state index contributed by atoms with van der Waals surface area (Å²) in [5, 5.41) is 4.59. The largest absolute Gasteiger partial charge is 0.342 e. The number of carbonyl (C=O) groups excluding carboxylic acids is 1. The third-order valence-corrected chi connectivity index (χ3v) is 4.27. The van der Waals surface area contributed by atoms with Gasteiger partial charge < -0.3 is 4.90 Å². The molecule has 0 saturated heterocycles. The lowest BCUT2D eigenvalue weighted by molar-refractivity contribution is -0.130. The van der Waals surface area contributed by atoms with Gasteiger partial charge in [-0.25, -0.2) is 14.6 Å². The minimum Gasteiger partial charge on any atom is -0.342 e. The summed E-state index contributed by atoms with van der Waals surface area (Å²) in [4.78, 5) is 23.6. The highest BCUT2D eigenvalue weighted by atomic mass is 16.2. The summed E-state index contributed by atoms with van der Waals surface area (Å²) < 4.78 is 1.75. The molecule has 0 radical (unpaired) electrons. The summed E-state index contributed by atoms with van der Waals surface area (Å²) in [6.07, 6.45) is 2.32. The summed E-state index contributed by atoms with van der Waals surface area (Å²) in [6.45, 7) is 13.6. The van der Waals surface area contributed by atoms with Crippen molar-refractivity contribution in [1.82, 2.24) is 24.6 Å². The summed E-state index contributed by atoms with van der Waals surface area (Å²) in [6, 6.07) is 1.94. The van der Waals surface area contributed by atoms with E-state index in [1.807, 2.05) is 38.7 Å². The number of hydrogen-bond donors (Lipinski definition) is 0. The average molecular weight is 343 g/mol. The van der Waals surface area contributed by atoms with Gasteiger partial charge in [-0.15, -0.1) is 0 Å². The topological polar surface area (TPSA) is 63.9 Å². The highest BCUT2D eigenvalue weighted by Gasteiger charge is 2.20. The van der Waals surface area contributed by atoms with Crippen LogP contribution in [0.25, 0.3) is 5.95 Å². The Labute approximate surface area is 150 Å². The fourth-order valence-electron chi connectivity index (χ4n) is 3.09. The Kier molecular flexibility index (Phi) is 6.28. The number of aryl methyl sites for hydroxylation is 3. The lowest BCUT2D eigenvalue weighted by Gasteiger charge is -2.21. The molecule has 0 aliphatic rings. The Hall–Kier alpha value is -2.24. The van der Waals surface area contributed by atoms with Crippen molar-refractivity contribution in [3.63, 3.8) is 0 Å². The van der Waals surface area contributed by atoms with Gasteiger partial charge in [0, 0.05) is 35.7 Å². The highest BCUT2D eigenvalue weighted by Crippen LogP contribution is 2.18. The second-order valence-electron chi connectivity index (χ2n) is 6.57. The number of nitrogens with zero attached hydrogens (tertiary/aromatic N) is 5. The van der Waals surface area contributed by atoms with E-state index in [2.05, 4.69) is 28.9 Å². The van der Waals surface area contributed by atoms with E-state index in [0.29, 0.717) is 12.4 Å². The van der Waals surface area contributed by atoms with Crippen molar-refractivity contribution >= 4 is 5.91 Å². The molecule has 0 saturated carbocycles. The highest BCUT2D eigenvalue weighted by molar-refractivity contribution is 5.79. The summed E-state index contributed by atoms with van der Waals surface area (Å²) in [7, 11) is 0. The molecule has 0 aromatic carbocycles. The Balaban J connectivity index is 2.31. The minimum absolute atomic E-state index is 0.163. The van der Waals surface area contributed by atoms with Gasteiger partial charge in [-0.3, -0.25) is 4.79 Å².